The summed E-state index contributed by atoms with van der Waals surface area (Å²) in [5, 5.41) is 6.95. The third-order valence-electron chi connectivity index (χ3n) is 6.31. The molecule has 0 N–H and O–H groups in total. The van der Waals surface area contributed by atoms with Crippen molar-refractivity contribution in [2.75, 3.05) is 0 Å². The minimum Gasteiger partial charge on any atom is -0.220 e. The fourth-order valence-electron chi connectivity index (χ4n) is 4.47. The highest BCUT2D eigenvalue weighted by Crippen LogP contribution is 2.28. The Kier molecular flexibility index (Phi) is 5.00. The van der Waals surface area contributed by atoms with Crippen molar-refractivity contribution in [3.63, 3.8) is 0 Å². The Hall–Kier alpha value is -5.23. The first-order chi connectivity index (χ1) is 18.3. The van der Waals surface area contributed by atoms with Crippen LogP contribution in [0.2, 0.25) is 0 Å². The maximum absolute atomic E-state index is 4.87. The van der Waals surface area contributed by atoms with Crippen molar-refractivity contribution >= 4 is 16.4 Å². The Labute approximate surface area is 213 Å². The molecule has 0 aliphatic rings. The molecule has 37 heavy (non-hydrogen) atoms. The first-order valence-electron chi connectivity index (χ1n) is 12.0. The fourth-order valence-corrected chi connectivity index (χ4v) is 4.47. The molecule has 4 aromatic carbocycles. The van der Waals surface area contributed by atoms with E-state index >= 15 is 0 Å². The van der Waals surface area contributed by atoms with Crippen LogP contribution in [-0.2, 0) is 0 Å². The van der Waals surface area contributed by atoms with Gasteiger partial charge in [-0.05, 0) is 17.5 Å². The standard InChI is InChI=1S/C31H20N6/c1-3-11-22(12-4-1)27-32-28(23-13-5-2-6-14-23)34-29(33-27)24-15-9-16-25(20-24)30-35-31-26-17-8-7-10-21(26)18-19-37(31)36-30/h1-20H. The largest absolute Gasteiger partial charge is 0.220 e. The Morgan fingerprint density at radius 1 is 0.432 bits per heavy atom. The third kappa shape index (κ3) is 3.90. The average Bonchev–Trinajstić information content (AvgIpc) is 3.43. The van der Waals surface area contributed by atoms with Gasteiger partial charge in [-0.15, -0.1) is 5.10 Å². The van der Waals surface area contributed by atoms with E-state index in [2.05, 4.69) is 18.2 Å². The molecule has 0 radical (unpaired) electrons. The van der Waals surface area contributed by atoms with Gasteiger partial charge in [-0.2, -0.15) is 0 Å². The summed E-state index contributed by atoms with van der Waals surface area (Å²) in [6.07, 6.45) is 1.95. The highest BCUT2D eigenvalue weighted by Gasteiger charge is 2.14. The second-order valence-electron chi connectivity index (χ2n) is 8.73. The number of nitrogens with zero attached hydrogens (tertiary/aromatic N) is 6. The zero-order chi connectivity index (χ0) is 24.6. The van der Waals surface area contributed by atoms with Crippen molar-refractivity contribution in [3.8, 4) is 45.6 Å². The quantitative estimate of drug-likeness (QED) is 0.282. The summed E-state index contributed by atoms with van der Waals surface area (Å²) in [5.74, 6) is 2.52. The number of pyridine rings is 1. The molecule has 6 nitrogen and oxygen atoms in total. The van der Waals surface area contributed by atoms with Crippen LogP contribution >= 0.6 is 0 Å². The van der Waals surface area contributed by atoms with E-state index in [1.54, 1.807) is 0 Å². The molecule has 0 amide bonds. The second-order valence-corrected chi connectivity index (χ2v) is 8.73. The van der Waals surface area contributed by atoms with Crippen LogP contribution < -0.4 is 0 Å². The summed E-state index contributed by atoms with van der Waals surface area (Å²) >= 11 is 0. The molecule has 0 bridgehead atoms. The zero-order valence-corrected chi connectivity index (χ0v) is 19.7. The Morgan fingerprint density at radius 2 is 0.973 bits per heavy atom. The molecule has 3 heterocycles. The molecule has 7 rings (SSSR count). The van der Waals surface area contributed by atoms with Crippen LogP contribution in [0.5, 0.6) is 0 Å². The number of rotatable bonds is 4. The van der Waals surface area contributed by atoms with Crippen molar-refractivity contribution in [2.45, 2.75) is 0 Å². The molecular weight excluding hydrogens is 456 g/mol. The topological polar surface area (TPSA) is 68.9 Å². The lowest BCUT2D eigenvalue weighted by atomic mass is 10.1. The van der Waals surface area contributed by atoms with Crippen LogP contribution in [0.25, 0.3) is 62.0 Å². The molecule has 0 unspecified atom stereocenters. The van der Waals surface area contributed by atoms with Gasteiger partial charge >= 0.3 is 0 Å². The molecule has 0 spiro atoms. The number of hydrogen-bond donors (Lipinski definition) is 0. The predicted octanol–water partition coefficient (Wildman–Crippen LogP) is 6.74. The smallest absolute Gasteiger partial charge is 0.182 e. The van der Waals surface area contributed by atoms with Gasteiger partial charge in [0.15, 0.2) is 28.9 Å². The molecule has 0 fully saturated rings. The van der Waals surface area contributed by atoms with Crippen LogP contribution in [0, 0.1) is 0 Å². The normalized spacial score (nSPS) is 11.2. The first kappa shape index (κ1) is 21.1. The number of fused-ring (bicyclic) bond motifs is 3. The molecule has 0 saturated heterocycles. The van der Waals surface area contributed by atoms with Crippen LogP contribution in [0.15, 0.2) is 121 Å². The Bertz CT molecular complexity index is 1820. The van der Waals surface area contributed by atoms with Gasteiger partial charge in [0, 0.05) is 33.8 Å². The van der Waals surface area contributed by atoms with E-state index in [9.17, 15) is 0 Å². The van der Waals surface area contributed by atoms with Gasteiger partial charge in [-0.3, -0.25) is 0 Å². The molecule has 0 aliphatic carbocycles. The van der Waals surface area contributed by atoms with Gasteiger partial charge in [0.25, 0.3) is 0 Å². The molecule has 6 heteroatoms. The van der Waals surface area contributed by atoms with E-state index in [0.717, 1.165) is 38.7 Å². The van der Waals surface area contributed by atoms with Crippen molar-refractivity contribution in [1.29, 1.82) is 0 Å². The Morgan fingerprint density at radius 3 is 1.65 bits per heavy atom. The van der Waals surface area contributed by atoms with Gasteiger partial charge in [-0.1, -0.05) is 103 Å². The van der Waals surface area contributed by atoms with E-state index in [4.69, 9.17) is 25.0 Å². The van der Waals surface area contributed by atoms with Crippen molar-refractivity contribution < 1.29 is 0 Å². The maximum atomic E-state index is 4.87. The number of benzene rings is 4. The summed E-state index contributed by atoms with van der Waals surface area (Å²) in [7, 11) is 0. The monoisotopic (exact) mass is 476 g/mol. The summed E-state index contributed by atoms with van der Waals surface area (Å²) < 4.78 is 1.83. The van der Waals surface area contributed by atoms with Crippen molar-refractivity contribution in [3.05, 3.63) is 121 Å². The molecule has 0 aliphatic heterocycles. The zero-order valence-electron chi connectivity index (χ0n) is 19.7. The highest BCUT2D eigenvalue weighted by atomic mass is 15.3. The predicted molar refractivity (Wildman–Crippen MR) is 146 cm³/mol. The average molecular weight is 477 g/mol. The van der Waals surface area contributed by atoms with Gasteiger partial charge in [0.1, 0.15) is 0 Å². The van der Waals surface area contributed by atoms with Gasteiger partial charge in [-0.25, -0.2) is 24.5 Å². The van der Waals surface area contributed by atoms with Gasteiger partial charge in [0.05, 0.1) is 0 Å². The van der Waals surface area contributed by atoms with E-state index in [1.807, 2.05) is 108 Å². The maximum Gasteiger partial charge on any atom is 0.182 e. The van der Waals surface area contributed by atoms with Crippen molar-refractivity contribution in [1.82, 2.24) is 29.5 Å². The van der Waals surface area contributed by atoms with E-state index < -0.39 is 0 Å². The summed E-state index contributed by atoms with van der Waals surface area (Å²) in [6.45, 7) is 0. The molecule has 0 atom stereocenters. The fraction of sp³-hybridized carbons (Fsp3) is 0. The van der Waals surface area contributed by atoms with Crippen LogP contribution in [-0.4, -0.2) is 29.5 Å². The number of aromatic nitrogens is 6. The molecule has 174 valence electrons. The molecular formula is C31H20N6. The lowest BCUT2D eigenvalue weighted by molar-refractivity contribution is 0.971. The minimum absolute atomic E-state index is 0.601. The number of hydrogen-bond acceptors (Lipinski definition) is 5. The lowest BCUT2D eigenvalue weighted by Gasteiger charge is -2.08. The van der Waals surface area contributed by atoms with Gasteiger partial charge in [0.2, 0.25) is 0 Å². The second kappa shape index (κ2) is 8.77. The summed E-state index contributed by atoms with van der Waals surface area (Å²) in [5.41, 5.74) is 4.48. The third-order valence-corrected chi connectivity index (χ3v) is 6.31. The molecule has 7 aromatic rings. The molecule has 3 aromatic heterocycles. The van der Waals surface area contributed by atoms with Gasteiger partial charge < -0.3 is 0 Å². The lowest BCUT2D eigenvalue weighted by Crippen LogP contribution is -2.00. The Balaban J connectivity index is 1.37. The van der Waals surface area contributed by atoms with Crippen LogP contribution in [0.4, 0.5) is 0 Å². The highest BCUT2D eigenvalue weighted by molar-refractivity contribution is 5.94. The first-order valence-corrected chi connectivity index (χ1v) is 12.0. The SMILES string of the molecule is c1ccc(-c2nc(-c3ccccc3)nc(-c3cccc(-c4nc5c6ccccc6ccn5n4)c3)n2)cc1. The molecule has 0 saturated carbocycles. The minimum atomic E-state index is 0.601. The summed E-state index contributed by atoms with van der Waals surface area (Å²) in [4.78, 5) is 19.4. The van der Waals surface area contributed by atoms with Crippen LogP contribution in [0.3, 0.4) is 0 Å². The van der Waals surface area contributed by atoms with Crippen molar-refractivity contribution in [2.24, 2.45) is 0 Å². The van der Waals surface area contributed by atoms with E-state index in [1.165, 1.54) is 0 Å². The van der Waals surface area contributed by atoms with Crippen LogP contribution in [0.1, 0.15) is 0 Å². The van der Waals surface area contributed by atoms with E-state index in [-0.39, 0.29) is 0 Å². The summed E-state index contributed by atoms with van der Waals surface area (Å²) in [6, 6.07) is 38.3. The van der Waals surface area contributed by atoms with E-state index in [0.29, 0.717) is 23.3 Å².